The minimum atomic E-state index is 0.757. The molecule has 1 atom stereocenters. The van der Waals surface area contributed by atoms with E-state index in [-0.39, 0.29) is 0 Å². The number of allylic oxidation sites excluding steroid dienone is 1. The molecule has 6 aromatic carbocycles. The molecule has 3 aliphatic carbocycles. The maximum absolute atomic E-state index is 6.45. The van der Waals surface area contributed by atoms with Gasteiger partial charge in [0, 0.05) is 10.8 Å². The average Bonchev–Trinajstić information content (AvgIpc) is 3.33. The summed E-state index contributed by atoms with van der Waals surface area (Å²) < 4.78 is 6.45. The Balaban J connectivity index is 1.24. The van der Waals surface area contributed by atoms with Crippen molar-refractivity contribution in [2.24, 2.45) is 5.92 Å². The molecule has 1 fully saturated rings. The van der Waals surface area contributed by atoms with Gasteiger partial charge in [0.05, 0.1) is 0 Å². The predicted molar refractivity (Wildman–Crippen MR) is 171 cm³/mol. The Morgan fingerprint density at radius 2 is 1.17 bits per heavy atom. The summed E-state index contributed by atoms with van der Waals surface area (Å²) in [4.78, 5) is 0. The summed E-state index contributed by atoms with van der Waals surface area (Å²) in [7, 11) is 0. The topological polar surface area (TPSA) is 13.1 Å². The first-order valence-corrected chi connectivity index (χ1v) is 15.0. The second-order valence-corrected chi connectivity index (χ2v) is 12.3. The van der Waals surface area contributed by atoms with Crippen LogP contribution in [0.15, 0.2) is 107 Å². The number of aryl methyl sites for hydroxylation is 2. The number of benzene rings is 6. The molecule has 0 bridgehead atoms. The normalized spacial score (nSPS) is 17.2. The van der Waals surface area contributed by atoms with E-state index >= 15 is 0 Å². The van der Waals surface area contributed by atoms with E-state index in [1.54, 1.807) is 5.57 Å². The molecular weight excluding hydrogens is 496 g/mol. The van der Waals surface area contributed by atoms with Crippen molar-refractivity contribution in [1.29, 1.82) is 0 Å². The van der Waals surface area contributed by atoms with Gasteiger partial charge in [0.15, 0.2) is 0 Å². The second kappa shape index (κ2) is 7.98. The molecule has 10 rings (SSSR count). The molecule has 41 heavy (non-hydrogen) atoms. The molecule has 1 heterocycles. The first-order valence-electron chi connectivity index (χ1n) is 15.0. The van der Waals surface area contributed by atoms with Crippen molar-refractivity contribution >= 4 is 49.6 Å². The Kier molecular flexibility index (Phi) is 4.31. The van der Waals surface area contributed by atoms with Crippen LogP contribution in [0.25, 0.3) is 71.8 Å². The minimum absolute atomic E-state index is 0.757. The van der Waals surface area contributed by atoms with Crippen LogP contribution in [0, 0.1) is 5.92 Å². The van der Waals surface area contributed by atoms with Gasteiger partial charge in [0.1, 0.15) is 11.2 Å². The van der Waals surface area contributed by atoms with Crippen LogP contribution in [-0.2, 0) is 19.3 Å². The Labute approximate surface area is 238 Å². The summed E-state index contributed by atoms with van der Waals surface area (Å²) in [5.74, 6) is 0.757. The lowest BCUT2D eigenvalue weighted by Gasteiger charge is -2.34. The van der Waals surface area contributed by atoms with Crippen molar-refractivity contribution in [2.75, 3.05) is 0 Å². The SMILES string of the molecule is C1=C2CCC2Cc2cc3oc4ccc(-c5c6ccccc6c(-c6ccc7c(c6)CC7)c6ccccc56)cc4c3cc21. The van der Waals surface area contributed by atoms with Crippen molar-refractivity contribution in [1.82, 2.24) is 0 Å². The lowest BCUT2D eigenvalue weighted by atomic mass is 9.71. The highest BCUT2D eigenvalue weighted by Crippen LogP contribution is 2.47. The van der Waals surface area contributed by atoms with Gasteiger partial charge in [-0.25, -0.2) is 0 Å². The van der Waals surface area contributed by atoms with Gasteiger partial charge in [0.2, 0.25) is 0 Å². The fourth-order valence-corrected chi connectivity index (χ4v) is 7.85. The van der Waals surface area contributed by atoms with E-state index in [1.807, 2.05) is 0 Å². The third kappa shape index (κ3) is 3.07. The molecule has 0 radical (unpaired) electrons. The Morgan fingerprint density at radius 3 is 1.80 bits per heavy atom. The van der Waals surface area contributed by atoms with Crippen LogP contribution >= 0.6 is 0 Å². The molecule has 194 valence electrons. The summed E-state index contributed by atoms with van der Waals surface area (Å²) in [6.45, 7) is 0. The van der Waals surface area contributed by atoms with E-state index in [0.717, 1.165) is 23.5 Å². The van der Waals surface area contributed by atoms with Crippen molar-refractivity contribution in [2.45, 2.75) is 32.1 Å². The van der Waals surface area contributed by atoms with Crippen molar-refractivity contribution < 1.29 is 4.42 Å². The van der Waals surface area contributed by atoms with Crippen LogP contribution < -0.4 is 0 Å². The van der Waals surface area contributed by atoms with Gasteiger partial charge in [-0.3, -0.25) is 0 Å². The number of hydrogen-bond donors (Lipinski definition) is 0. The molecule has 0 N–H and O–H groups in total. The van der Waals surface area contributed by atoms with E-state index in [2.05, 4.69) is 103 Å². The first-order chi connectivity index (χ1) is 20.3. The third-order valence-electron chi connectivity index (χ3n) is 10.2. The highest BCUT2D eigenvalue weighted by atomic mass is 16.3. The molecule has 1 aromatic heterocycles. The van der Waals surface area contributed by atoms with Crippen LogP contribution in [0.5, 0.6) is 0 Å². The molecule has 1 unspecified atom stereocenters. The average molecular weight is 525 g/mol. The smallest absolute Gasteiger partial charge is 0.135 e. The molecule has 3 aliphatic rings. The third-order valence-corrected chi connectivity index (χ3v) is 10.2. The quantitative estimate of drug-likeness (QED) is 0.205. The molecule has 7 aromatic rings. The first kappa shape index (κ1) is 22.1. The Morgan fingerprint density at radius 1 is 0.512 bits per heavy atom. The highest BCUT2D eigenvalue weighted by Gasteiger charge is 2.29. The molecular formula is C40H28O. The Hall–Kier alpha value is -4.62. The van der Waals surface area contributed by atoms with Crippen LogP contribution in [0.3, 0.4) is 0 Å². The maximum atomic E-state index is 6.45. The second-order valence-electron chi connectivity index (χ2n) is 12.3. The summed E-state index contributed by atoms with van der Waals surface area (Å²) in [6, 6.07) is 36.5. The zero-order valence-electron chi connectivity index (χ0n) is 22.8. The number of rotatable bonds is 2. The minimum Gasteiger partial charge on any atom is -0.456 e. The van der Waals surface area contributed by atoms with E-state index in [4.69, 9.17) is 4.42 Å². The lowest BCUT2D eigenvalue weighted by Crippen LogP contribution is -2.21. The van der Waals surface area contributed by atoms with Gasteiger partial charge in [0.25, 0.3) is 0 Å². The van der Waals surface area contributed by atoms with Gasteiger partial charge in [-0.2, -0.15) is 0 Å². The molecule has 0 amide bonds. The molecule has 1 nitrogen and oxygen atoms in total. The van der Waals surface area contributed by atoms with Crippen LogP contribution in [0.1, 0.15) is 35.1 Å². The summed E-state index contributed by atoms with van der Waals surface area (Å²) in [5.41, 5.74) is 14.7. The van der Waals surface area contributed by atoms with Gasteiger partial charge in [-0.15, -0.1) is 0 Å². The zero-order chi connectivity index (χ0) is 26.7. The summed E-state index contributed by atoms with van der Waals surface area (Å²) in [5, 5.41) is 7.65. The van der Waals surface area contributed by atoms with E-state index in [9.17, 15) is 0 Å². The van der Waals surface area contributed by atoms with Crippen LogP contribution in [0.2, 0.25) is 0 Å². The maximum Gasteiger partial charge on any atom is 0.135 e. The van der Waals surface area contributed by atoms with Crippen LogP contribution in [0.4, 0.5) is 0 Å². The van der Waals surface area contributed by atoms with E-state index in [1.165, 1.54) is 103 Å². The van der Waals surface area contributed by atoms with Gasteiger partial charge < -0.3 is 4.42 Å². The summed E-state index contributed by atoms with van der Waals surface area (Å²) in [6.07, 6.45) is 8.61. The van der Waals surface area contributed by atoms with Crippen molar-refractivity contribution in [3.8, 4) is 22.3 Å². The van der Waals surface area contributed by atoms with Crippen molar-refractivity contribution in [3.63, 3.8) is 0 Å². The Bertz CT molecular complexity index is 2240. The number of fused-ring (bicyclic) bond motifs is 8. The van der Waals surface area contributed by atoms with Gasteiger partial charge in [-0.1, -0.05) is 84.4 Å². The molecule has 0 aliphatic heterocycles. The number of furan rings is 1. The molecule has 0 saturated heterocycles. The lowest BCUT2D eigenvalue weighted by molar-refractivity contribution is 0.440. The van der Waals surface area contributed by atoms with Gasteiger partial charge in [-0.05, 0) is 128 Å². The van der Waals surface area contributed by atoms with Crippen molar-refractivity contribution in [3.05, 3.63) is 125 Å². The fourth-order valence-electron chi connectivity index (χ4n) is 7.85. The molecule has 1 heteroatoms. The molecule has 1 saturated carbocycles. The molecule has 0 spiro atoms. The van der Waals surface area contributed by atoms with E-state index in [0.29, 0.717) is 0 Å². The zero-order valence-corrected chi connectivity index (χ0v) is 22.8. The number of hydrogen-bond acceptors (Lipinski definition) is 1. The van der Waals surface area contributed by atoms with Gasteiger partial charge >= 0.3 is 0 Å². The van der Waals surface area contributed by atoms with E-state index < -0.39 is 0 Å². The predicted octanol–water partition coefficient (Wildman–Crippen LogP) is 10.7. The fraction of sp³-hybridized carbons (Fsp3) is 0.150. The monoisotopic (exact) mass is 524 g/mol. The largest absolute Gasteiger partial charge is 0.456 e. The summed E-state index contributed by atoms with van der Waals surface area (Å²) >= 11 is 0. The standard InChI is InChI=1S/C40H28O/c1-3-7-33-31(5-1)39(27-14-10-23-9-11-24(23)17-27)32-6-2-4-8-34(32)40(33)28-15-16-37-35(20-28)36-21-29-18-25-12-13-26(25)19-30(29)22-38(36)41-37/h1-8,10,14-18,20-22,26H,9,11-13,19H2. The van der Waals surface area contributed by atoms with Crippen LogP contribution in [-0.4, -0.2) is 0 Å². The highest BCUT2D eigenvalue weighted by molar-refractivity contribution is 6.22.